The first-order valence-corrected chi connectivity index (χ1v) is 7.13. The van der Waals surface area contributed by atoms with Crippen LogP contribution in [-0.4, -0.2) is 0 Å². The smallest absolute Gasteiger partial charge is 0.0131 e. The van der Waals surface area contributed by atoms with Gasteiger partial charge in [-0.05, 0) is 41.2 Å². The summed E-state index contributed by atoms with van der Waals surface area (Å²) in [5.74, 6) is 1.85. The minimum Gasteiger partial charge on any atom is -0.0654 e. The van der Waals surface area contributed by atoms with E-state index in [1.165, 1.54) is 31.2 Å². The fourth-order valence-corrected chi connectivity index (χ4v) is 2.67. The summed E-state index contributed by atoms with van der Waals surface area (Å²) in [5.41, 5.74) is 3.30. The van der Waals surface area contributed by atoms with Crippen LogP contribution >= 0.6 is 0 Å². The second-order valence-corrected chi connectivity index (χ2v) is 6.62. The highest BCUT2D eigenvalue weighted by Crippen LogP contribution is 2.50. The molecule has 0 spiro atoms. The van der Waals surface area contributed by atoms with Crippen molar-refractivity contribution >= 4 is 0 Å². The molecule has 0 nitrogen and oxygen atoms in total. The standard InChI is InChI=1S/C17H26/c1-5-6-7-14-12-16(14)13-8-10-15(11-9-13)17(2,3)4/h8-11,14,16H,5-7,12H2,1-4H3/t14-,16+/m0/s1. The van der Waals surface area contributed by atoms with Gasteiger partial charge in [-0.1, -0.05) is 64.8 Å². The van der Waals surface area contributed by atoms with Gasteiger partial charge in [0.1, 0.15) is 0 Å². The molecule has 1 aliphatic carbocycles. The number of hydrogen-bond acceptors (Lipinski definition) is 0. The van der Waals surface area contributed by atoms with E-state index in [-0.39, 0.29) is 5.41 Å². The summed E-state index contributed by atoms with van der Waals surface area (Å²) in [6.07, 6.45) is 5.60. The van der Waals surface area contributed by atoms with Gasteiger partial charge < -0.3 is 0 Å². The van der Waals surface area contributed by atoms with Gasteiger partial charge in [-0.15, -0.1) is 0 Å². The van der Waals surface area contributed by atoms with Crippen molar-refractivity contribution in [3.05, 3.63) is 35.4 Å². The molecule has 1 aromatic rings. The Kier molecular flexibility index (Phi) is 3.61. The summed E-state index contributed by atoms with van der Waals surface area (Å²) in [7, 11) is 0. The van der Waals surface area contributed by atoms with Crippen molar-refractivity contribution in [3.8, 4) is 0 Å². The number of benzene rings is 1. The van der Waals surface area contributed by atoms with Crippen molar-refractivity contribution in [1.29, 1.82) is 0 Å². The van der Waals surface area contributed by atoms with E-state index in [9.17, 15) is 0 Å². The normalized spacial score (nSPS) is 23.8. The Balaban J connectivity index is 1.96. The zero-order chi connectivity index (χ0) is 12.5. The van der Waals surface area contributed by atoms with E-state index in [0.717, 1.165) is 11.8 Å². The van der Waals surface area contributed by atoms with Crippen molar-refractivity contribution in [3.63, 3.8) is 0 Å². The molecule has 0 unspecified atom stereocenters. The predicted octanol–water partition coefficient (Wildman–Crippen LogP) is 5.28. The molecule has 1 aliphatic rings. The van der Waals surface area contributed by atoms with Crippen LogP contribution in [0.5, 0.6) is 0 Å². The Bertz CT molecular complexity index is 353. The van der Waals surface area contributed by atoms with Crippen molar-refractivity contribution in [2.24, 2.45) is 5.92 Å². The lowest BCUT2D eigenvalue weighted by Gasteiger charge is -2.19. The van der Waals surface area contributed by atoms with Crippen LogP contribution in [0.2, 0.25) is 0 Å². The molecule has 0 aliphatic heterocycles. The van der Waals surface area contributed by atoms with Crippen LogP contribution in [0.4, 0.5) is 0 Å². The van der Waals surface area contributed by atoms with Crippen LogP contribution in [0.15, 0.2) is 24.3 Å². The summed E-state index contributed by atoms with van der Waals surface area (Å²) >= 11 is 0. The zero-order valence-corrected chi connectivity index (χ0v) is 11.8. The van der Waals surface area contributed by atoms with E-state index in [1.807, 2.05) is 0 Å². The molecule has 17 heavy (non-hydrogen) atoms. The Hall–Kier alpha value is -0.780. The lowest BCUT2D eigenvalue weighted by molar-refractivity contribution is 0.589. The maximum atomic E-state index is 2.36. The van der Waals surface area contributed by atoms with Gasteiger partial charge in [0.15, 0.2) is 0 Å². The summed E-state index contributed by atoms with van der Waals surface area (Å²) in [6, 6.07) is 9.36. The molecule has 0 radical (unpaired) electrons. The molecule has 1 fully saturated rings. The van der Waals surface area contributed by atoms with Gasteiger partial charge in [-0.2, -0.15) is 0 Å². The monoisotopic (exact) mass is 230 g/mol. The molecule has 0 aromatic heterocycles. The van der Waals surface area contributed by atoms with E-state index < -0.39 is 0 Å². The zero-order valence-electron chi connectivity index (χ0n) is 11.8. The highest BCUT2D eigenvalue weighted by atomic mass is 14.4. The van der Waals surface area contributed by atoms with Crippen LogP contribution in [0.3, 0.4) is 0 Å². The molecule has 2 rings (SSSR count). The third-order valence-corrected chi connectivity index (χ3v) is 4.06. The van der Waals surface area contributed by atoms with Crippen LogP contribution in [0.25, 0.3) is 0 Å². The maximum Gasteiger partial charge on any atom is -0.0131 e. The predicted molar refractivity (Wildman–Crippen MR) is 75.5 cm³/mol. The van der Waals surface area contributed by atoms with Crippen LogP contribution in [0.1, 0.15) is 70.4 Å². The molecule has 0 saturated heterocycles. The number of rotatable bonds is 4. The van der Waals surface area contributed by atoms with Crippen molar-refractivity contribution in [1.82, 2.24) is 0 Å². The number of hydrogen-bond donors (Lipinski definition) is 0. The van der Waals surface area contributed by atoms with Gasteiger partial charge in [0.2, 0.25) is 0 Å². The molecule has 0 N–H and O–H groups in total. The van der Waals surface area contributed by atoms with E-state index in [1.54, 1.807) is 5.56 Å². The molecular formula is C17H26. The summed E-state index contributed by atoms with van der Waals surface area (Å²) < 4.78 is 0. The lowest BCUT2D eigenvalue weighted by Crippen LogP contribution is -2.10. The van der Waals surface area contributed by atoms with Crippen LogP contribution in [0, 0.1) is 5.92 Å². The molecule has 2 atom stereocenters. The van der Waals surface area contributed by atoms with Crippen molar-refractivity contribution in [2.75, 3.05) is 0 Å². The minimum atomic E-state index is 0.281. The first kappa shape index (κ1) is 12.7. The molecule has 0 heterocycles. The molecule has 0 bridgehead atoms. The minimum absolute atomic E-state index is 0.281. The second-order valence-electron chi connectivity index (χ2n) is 6.62. The molecule has 0 amide bonds. The van der Waals surface area contributed by atoms with E-state index in [0.29, 0.717) is 0 Å². The van der Waals surface area contributed by atoms with Gasteiger partial charge in [0.25, 0.3) is 0 Å². The summed E-state index contributed by atoms with van der Waals surface area (Å²) in [5, 5.41) is 0. The second kappa shape index (κ2) is 4.84. The molecule has 1 aromatic carbocycles. The summed E-state index contributed by atoms with van der Waals surface area (Å²) in [6.45, 7) is 9.13. The third kappa shape index (κ3) is 3.12. The van der Waals surface area contributed by atoms with E-state index in [4.69, 9.17) is 0 Å². The topological polar surface area (TPSA) is 0 Å². The maximum absolute atomic E-state index is 2.36. The first-order valence-electron chi connectivity index (χ1n) is 7.13. The molecule has 1 saturated carbocycles. The van der Waals surface area contributed by atoms with E-state index in [2.05, 4.69) is 52.0 Å². The average Bonchev–Trinajstić information content (AvgIpc) is 3.05. The lowest BCUT2D eigenvalue weighted by atomic mass is 9.86. The summed E-state index contributed by atoms with van der Waals surface area (Å²) in [4.78, 5) is 0. The first-order chi connectivity index (χ1) is 8.02. The fraction of sp³-hybridized carbons (Fsp3) is 0.647. The largest absolute Gasteiger partial charge is 0.0654 e. The fourth-order valence-electron chi connectivity index (χ4n) is 2.67. The highest BCUT2D eigenvalue weighted by Gasteiger charge is 2.37. The Labute approximate surface area is 106 Å². The van der Waals surface area contributed by atoms with Gasteiger partial charge in [0.05, 0.1) is 0 Å². The van der Waals surface area contributed by atoms with Crippen molar-refractivity contribution in [2.45, 2.75) is 64.7 Å². The van der Waals surface area contributed by atoms with Gasteiger partial charge in [-0.25, -0.2) is 0 Å². The molecule has 0 heteroatoms. The Morgan fingerprint density at radius 1 is 1.12 bits per heavy atom. The Morgan fingerprint density at radius 3 is 2.29 bits per heavy atom. The quantitative estimate of drug-likeness (QED) is 0.660. The Morgan fingerprint density at radius 2 is 1.76 bits per heavy atom. The molecule has 94 valence electrons. The average molecular weight is 230 g/mol. The van der Waals surface area contributed by atoms with E-state index >= 15 is 0 Å². The van der Waals surface area contributed by atoms with Crippen molar-refractivity contribution < 1.29 is 0 Å². The highest BCUT2D eigenvalue weighted by molar-refractivity contribution is 5.32. The van der Waals surface area contributed by atoms with Gasteiger partial charge in [-0.3, -0.25) is 0 Å². The van der Waals surface area contributed by atoms with Gasteiger partial charge >= 0.3 is 0 Å². The van der Waals surface area contributed by atoms with Crippen LogP contribution < -0.4 is 0 Å². The van der Waals surface area contributed by atoms with Gasteiger partial charge in [0, 0.05) is 0 Å². The SMILES string of the molecule is CCCC[C@H]1C[C@@H]1c1ccc(C(C)(C)C)cc1. The van der Waals surface area contributed by atoms with Crippen LogP contribution in [-0.2, 0) is 5.41 Å². The number of unbranched alkanes of at least 4 members (excludes halogenated alkanes) is 1. The third-order valence-electron chi connectivity index (χ3n) is 4.06. The molecular weight excluding hydrogens is 204 g/mol.